The van der Waals surface area contributed by atoms with Crippen molar-refractivity contribution in [2.75, 3.05) is 5.73 Å². The van der Waals surface area contributed by atoms with Crippen LogP contribution in [0.4, 0.5) is 5.69 Å². The SMILES string of the molecule is CC(NS(=O)(=O)c1ccc(O)c(N)c1)c1ccccn1. The van der Waals surface area contributed by atoms with Crippen LogP contribution in [0.1, 0.15) is 18.7 Å². The zero-order valence-corrected chi connectivity index (χ0v) is 11.6. The Balaban J connectivity index is 2.25. The van der Waals surface area contributed by atoms with E-state index in [0.717, 1.165) is 0 Å². The number of aromatic nitrogens is 1. The molecule has 106 valence electrons. The van der Waals surface area contributed by atoms with E-state index in [4.69, 9.17) is 5.73 Å². The van der Waals surface area contributed by atoms with Gasteiger partial charge in [-0.3, -0.25) is 4.98 Å². The Morgan fingerprint density at radius 2 is 2.05 bits per heavy atom. The molecule has 0 bridgehead atoms. The van der Waals surface area contributed by atoms with Gasteiger partial charge in [-0.1, -0.05) is 6.07 Å². The summed E-state index contributed by atoms with van der Waals surface area (Å²) >= 11 is 0. The van der Waals surface area contributed by atoms with Crippen LogP contribution in [0.5, 0.6) is 5.75 Å². The van der Waals surface area contributed by atoms with E-state index in [9.17, 15) is 13.5 Å². The van der Waals surface area contributed by atoms with Gasteiger partial charge in [-0.05, 0) is 37.3 Å². The maximum Gasteiger partial charge on any atom is 0.241 e. The van der Waals surface area contributed by atoms with Crippen LogP contribution in [-0.2, 0) is 10.0 Å². The summed E-state index contributed by atoms with van der Waals surface area (Å²) in [6.45, 7) is 1.70. The number of pyridine rings is 1. The van der Waals surface area contributed by atoms with E-state index in [2.05, 4.69) is 9.71 Å². The molecule has 0 aliphatic heterocycles. The van der Waals surface area contributed by atoms with Crippen LogP contribution in [0, 0.1) is 0 Å². The van der Waals surface area contributed by atoms with E-state index in [1.807, 2.05) is 0 Å². The minimum Gasteiger partial charge on any atom is -0.506 e. The van der Waals surface area contributed by atoms with Gasteiger partial charge < -0.3 is 10.8 Å². The van der Waals surface area contributed by atoms with Crippen LogP contribution in [0.15, 0.2) is 47.5 Å². The van der Waals surface area contributed by atoms with Crippen molar-refractivity contribution in [2.45, 2.75) is 17.9 Å². The number of rotatable bonds is 4. The monoisotopic (exact) mass is 293 g/mol. The third-order valence-corrected chi connectivity index (χ3v) is 4.31. The van der Waals surface area contributed by atoms with Crippen molar-refractivity contribution in [3.05, 3.63) is 48.3 Å². The Morgan fingerprint density at radius 3 is 2.65 bits per heavy atom. The van der Waals surface area contributed by atoms with E-state index in [-0.39, 0.29) is 16.3 Å². The summed E-state index contributed by atoms with van der Waals surface area (Å²) in [6, 6.07) is 8.54. The first-order valence-electron chi connectivity index (χ1n) is 5.92. The van der Waals surface area contributed by atoms with Crippen LogP contribution in [-0.4, -0.2) is 18.5 Å². The van der Waals surface area contributed by atoms with Crippen molar-refractivity contribution in [1.29, 1.82) is 0 Å². The van der Waals surface area contributed by atoms with Crippen LogP contribution >= 0.6 is 0 Å². The molecule has 2 rings (SSSR count). The molecule has 0 radical (unpaired) electrons. The van der Waals surface area contributed by atoms with Gasteiger partial charge >= 0.3 is 0 Å². The zero-order valence-electron chi connectivity index (χ0n) is 10.8. The molecule has 7 heteroatoms. The molecule has 0 fully saturated rings. The molecule has 0 aliphatic rings. The van der Waals surface area contributed by atoms with Crippen LogP contribution in [0.2, 0.25) is 0 Å². The fourth-order valence-corrected chi connectivity index (χ4v) is 2.94. The van der Waals surface area contributed by atoms with E-state index in [1.165, 1.54) is 18.2 Å². The third kappa shape index (κ3) is 3.06. The Labute approximate surface area is 117 Å². The highest BCUT2D eigenvalue weighted by atomic mass is 32.2. The number of anilines is 1. The Hall–Kier alpha value is -2.12. The van der Waals surface area contributed by atoms with Crippen molar-refractivity contribution in [2.24, 2.45) is 0 Å². The highest BCUT2D eigenvalue weighted by Crippen LogP contribution is 2.24. The van der Waals surface area contributed by atoms with Gasteiger partial charge in [0.1, 0.15) is 5.75 Å². The molecule has 1 aromatic carbocycles. The molecular formula is C13H15N3O3S. The first kappa shape index (κ1) is 14.3. The van der Waals surface area contributed by atoms with Gasteiger partial charge in [-0.2, -0.15) is 0 Å². The van der Waals surface area contributed by atoms with Crippen molar-refractivity contribution in [3.63, 3.8) is 0 Å². The van der Waals surface area contributed by atoms with Gasteiger partial charge in [0.25, 0.3) is 0 Å². The summed E-state index contributed by atoms with van der Waals surface area (Å²) in [4.78, 5) is 4.09. The summed E-state index contributed by atoms with van der Waals surface area (Å²) in [6.07, 6.45) is 1.60. The predicted octanol–water partition coefficient (Wildman–Crippen LogP) is 1.41. The zero-order chi connectivity index (χ0) is 14.8. The van der Waals surface area contributed by atoms with Gasteiger partial charge in [-0.25, -0.2) is 13.1 Å². The number of phenolic OH excluding ortho intramolecular Hbond substituents is 1. The molecule has 2 aromatic rings. The Bertz CT molecular complexity index is 702. The topological polar surface area (TPSA) is 105 Å². The second-order valence-electron chi connectivity index (χ2n) is 4.32. The number of nitrogens with two attached hydrogens (primary N) is 1. The molecular weight excluding hydrogens is 278 g/mol. The summed E-state index contributed by atoms with van der Waals surface area (Å²) in [7, 11) is -3.73. The number of nitrogen functional groups attached to an aromatic ring is 1. The highest BCUT2D eigenvalue weighted by Gasteiger charge is 2.19. The molecule has 1 aromatic heterocycles. The smallest absolute Gasteiger partial charge is 0.241 e. The lowest BCUT2D eigenvalue weighted by molar-refractivity contribution is 0.477. The number of hydrogen-bond acceptors (Lipinski definition) is 5. The molecule has 0 saturated carbocycles. The number of nitrogens with zero attached hydrogens (tertiary/aromatic N) is 1. The summed E-state index contributed by atoms with van der Waals surface area (Å²) in [5.41, 5.74) is 6.13. The van der Waals surface area contributed by atoms with E-state index >= 15 is 0 Å². The minimum atomic E-state index is -3.73. The fourth-order valence-electron chi connectivity index (χ4n) is 1.69. The molecule has 0 amide bonds. The minimum absolute atomic E-state index is 0.00409. The highest BCUT2D eigenvalue weighted by molar-refractivity contribution is 7.89. The van der Waals surface area contributed by atoms with Gasteiger partial charge in [0.2, 0.25) is 10.0 Å². The van der Waals surface area contributed by atoms with Crippen molar-refractivity contribution >= 4 is 15.7 Å². The molecule has 1 unspecified atom stereocenters. The Kier molecular flexibility index (Phi) is 3.91. The maximum absolute atomic E-state index is 12.2. The van der Waals surface area contributed by atoms with Crippen molar-refractivity contribution < 1.29 is 13.5 Å². The Morgan fingerprint density at radius 1 is 1.30 bits per heavy atom. The number of hydrogen-bond donors (Lipinski definition) is 3. The van der Waals surface area contributed by atoms with Crippen molar-refractivity contribution in [1.82, 2.24) is 9.71 Å². The molecule has 0 saturated heterocycles. The summed E-state index contributed by atoms with van der Waals surface area (Å²) in [5.74, 6) is -0.151. The van der Waals surface area contributed by atoms with Crippen LogP contribution < -0.4 is 10.5 Å². The lowest BCUT2D eigenvalue weighted by atomic mass is 10.2. The molecule has 0 spiro atoms. The number of aromatic hydroxyl groups is 1. The molecule has 1 atom stereocenters. The van der Waals surface area contributed by atoms with Crippen LogP contribution in [0.25, 0.3) is 0 Å². The first-order valence-corrected chi connectivity index (χ1v) is 7.40. The summed E-state index contributed by atoms with van der Waals surface area (Å²) < 4.78 is 26.9. The molecule has 4 N–H and O–H groups in total. The predicted molar refractivity (Wildman–Crippen MR) is 75.5 cm³/mol. The maximum atomic E-state index is 12.2. The van der Waals surface area contributed by atoms with Gasteiger partial charge in [-0.15, -0.1) is 0 Å². The van der Waals surface area contributed by atoms with E-state index < -0.39 is 16.1 Å². The van der Waals surface area contributed by atoms with Crippen molar-refractivity contribution in [3.8, 4) is 5.75 Å². The lowest BCUT2D eigenvalue weighted by Gasteiger charge is -2.14. The quantitative estimate of drug-likeness (QED) is 0.584. The molecule has 1 heterocycles. The summed E-state index contributed by atoms with van der Waals surface area (Å²) in [5, 5.41) is 9.32. The standard InChI is InChI=1S/C13H15N3O3S/c1-9(12-4-2-3-7-15-12)16-20(18,19)10-5-6-13(17)11(14)8-10/h2-9,16-17H,14H2,1H3. The second-order valence-corrected chi connectivity index (χ2v) is 6.03. The largest absolute Gasteiger partial charge is 0.506 e. The van der Waals surface area contributed by atoms with Crippen LogP contribution in [0.3, 0.4) is 0 Å². The average molecular weight is 293 g/mol. The van der Waals surface area contributed by atoms with E-state index in [0.29, 0.717) is 5.69 Å². The first-order chi connectivity index (χ1) is 9.40. The third-order valence-electron chi connectivity index (χ3n) is 2.77. The van der Waals surface area contributed by atoms with Gasteiger partial charge in [0, 0.05) is 6.20 Å². The average Bonchev–Trinajstić information content (AvgIpc) is 2.42. The van der Waals surface area contributed by atoms with Gasteiger partial charge in [0.05, 0.1) is 22.3 Å². The van der Waals surface area contributed by atoms with Gasteiger partial charge in [0.15, 0.2) is 0 Å². The number of benzene rings is 1. The fraction of sp³-hybridized carbons (Fsp3) is 0.154. The molecule has 6 nitrogen and oxygen atoms in total. The number of nitrogens with one attached hydrogen (secondary N) is 1. The molecule has 20 heavy (non-hydrogen) atoms. The normalized spacial score (nSPS) is 13.1. The van der Waals surface area contributed by atoms with E-state index in [1.54, 1.807) is 31.3 Å². The second kappa shape index (κ2) is 5.48. The number of sulfonamides is 1. The number of phenols is 1. The lowest BCUT2D eigenvalue weighted by Crippen LogP contribution is -2.27. The molecule has 0 aliphatic carbocycles.